The van der Waals surface area contributed by atoms with Crippen molar-refractivity contribution in [3.8, 4) is 0 Å². The van der Waals surface area contributed by atoms with E-state index in [0.717, 1.165) is 22.9 Å². The molecule has 1 aliphatic rings. The number of anilines is 1. The standard InChI is InChI=1S/C16H15BrFN/c1-10-2-6-14(18)16(8-10)19-15-7-3-11-9-12(17)4-5-13(11)15/h2,4-6,8-9,15,19H,3,7H2,1H3. The van der Waals surface area contributed by atoms with E-state index in [1.54, 1.807) is 6.07 Å². The fraction of sp³-hybridized carbons (Fsp3) is 0.250. The van der Waals surface area contributed by atoms with Gasteiger partial charge >= 0.3 is 0 Å². The third-order valence-corrected chi connectivity index (χ3v) is 4.13. The van der Waals surface area contributed by atoms with Crippen molar-refractivity contribution in [2.45, 2.75) is 25.8 Å². The molecule has 2 aromatic rings. The fourth-order valence-electron chi connectivity index (χ4n) is 2.67. The largest absolute Gasteiger partial charge is 0.376 e. The molecule has 0 radical (unpaired) electrons. The molecular formula is C16H15BrFN. The van der Waals surface area contributed by atoms with E-state index in [1.165, 1.54) is 17.2 Å². The molecule has 1 unspecified atom stereocenters. The average molecular weight is 320 g/mol. The quantitative estimate of drug-likeness (QED) is 0.821. The zero-order valence-electron chi connectivity index (χ0n) is 10.7. The fourth-order valence-corrected chi connectivity index (χ4v) is 3.08. The van der Waals surface area contributed by atoms with Gasteiger partial charge in [-0.2, -0.15) is 0 Å². The van der Waals surface area contributed by atoms with Crippen LogP contribution in [0.4, 0.5) is 10.1 Å². The van der Waals surface area contributed by atoms with Crippen LogP contribution < -0.4 is 5.32 Å². The molecule has 0 saturated heterocycles. The van der Waals surface area contributed by atoms with Gasteiger partial charge in [-0.05, 0) is 60.7 Å². The van der Waals surface area contributed by atoms with Crippen LogP contribution in [0.3, 0.4) is 0 Å². The van der Waals surface area contributed by atoms with Gasteiger partial charge in [-0.1, -0.05) is 28.1 Å². The molecule has 0 fully saturated rings. The van der Waals surface area contributed by atoms with Crippen molar-refractivity contribution >= 4 is 21.6 Å². The van der Waals surface area contributed by atoms with Gasteiger partial charge < -0.3 is 5.32 Å². The summed E-state index contributed by atoms with van der Waals surface area (Å²) >= 11 is 3.49. The Morgan fingerprint density at radius 2 is 2.05 bits per heavy atom. The van der Waals surface area contributed by atoms with Crippen LogP contribution in [0.1, 0.15) is 29.2 Å². The van der Waals surface area contributed by atoms with Gasteiger partial charge in [0, 0.05) is 4.47 Å². The van der Waals surface area contributed by atoms with E-state index in [9.17, 15) is 4.39 Å². The Balaban J connectivity index is 1.88. The lowest BCUT2D eigenvalue weighted by atomic mass is 10.1. The molecule has 1 nitrogen and oxygen atoms in total. The van der Waals surface area contributed by atoms with E-state index in [-0.39, 0.29) is 11.9 Å². The van der Waals surface area contributed by atoms with Gasteiger partial charge in [0.25, 0.3) is 0 Å². The third kappa shape index (κ3) is 2.52. The summed E-state index contributed by atoms with van der Waals surface area (Å²) in [6, 6.07) is 11.7. The van der Waals surface area contributed by atoms with E-state index >= 15 is 0 Å². The summed E-state index contributed by atoms with van der Waals surface area (Å²) in [7, 11) is 0. The lowest BCUT2D eigenvalue weighted by Crippen LogP contribution is -2.08. The van der Waals surface area contributed by atoms with Gasteiger partial charge in [-0.15, -0.1) is 0 Å². The summed E-state index contributed by atoms with van der Waals surface area (Å²) < 4.78 is 14.9. The zero-order chi connectivity index (χ0) is 13.4. The minimum Gasteiger partial charge on any atom is -0.376 e. The first-order valence-corrected chi connectivity index (χ1v) is 7.24. The first kappa shape index (κ1) is 12.7. The molecule has 1 aliphatic carbocycles. The molecule has 3 rings (SSSR count). The van der Waals surface area contributed by atoms with E-state index in [4.69, 9.17) is 0 Å². The van der Waals surface area contributed by atoms with Crippen LogP contribution in [0.5, 0.6) is 0 Å². The van der Waals surface area contributed by atoms with E-state index < -0.39 is 0 Å². The molecule has 1 N–H and O–H groups in total. The highest BCUT2D eigenvalue weighted by Gasteiger charge is 2.23. The summed E-state index contributed by atoms with van der Waals surface area (Å²) in [5.74, 6) is -0.184. The third-order valence-electron chi connectivity index (χ3n) is 3.63. The van der Waals surface area contributed by atoms with E-state index in [1.807, 2.05) is 19.1 Å². The predicted molar refractivity (Wildman–Crippen MR) is 80.0 cm³/mol. The minimum atomic E-state index is -0.184. The Bertz CT molecular complexity index is 624. The Morgan fingerprint density at radius 1 is 1.21 bits per heavy atom. The highest BCUT2D eigenvalue weighted by atomic mass is 79.9. The Kier molecular flexibility index (Phi) is 3.31. The van der Waals surface area contributed by atoms with Crippen molar-refractivity contribution in [3.05, 3.63) is 63.4 Å². The SMILES string of the molecule is Cc1ccc(F)c(NC2CCc3cc(Br)ccc32)c1. The maximum absolute atomic E-state index is 13.8. The summed E-state index contributed by atoms with van der Waals surface area (Å²) in [6.45, 7) is 1.98. The second kappa shape index (κ2) is 4.97. The van der Waals surface area contributed by atoms with Gasteiger partial charge in [-0.25, -0.2) is 4.39 Å². The number of benzene rings is 2. The molecule has 1 atom stereocenters. The number of hydrogen-bond donors (Lipinski definition) is 1. The van der Waals surface area contributed by atoms with Gasteiger partial charge in [0.15, 0.2) is 0 Å². The molecule has 0 amide bonds. The van der Waals surface area contributed by atoms with Crippen LogP contribution in [-0.2, 0) is 6.42 Å². The van der Waals surface area contributed by atoms with Crippen molar-refractivity contribution in [3.63, 3.8) is 0 Å². The lowest BCUT2D eigenvalue weighted by molar-refractivity contribution is 0.624. The van der Waals surface area contributed by atoms with Crippen LogP contribution in [0.15, 0.2) is 40.9 Å². The van der Waals surface area contributed by atoms with Gasteiger partial charge in [0.05, 0.1) is 11.7 Å². The second-order valence-corrected chi connectivity index (χ2v) is 5.98. The van der Waals surface area contributed by atoms with Gasteiger partial charge in [-0.3, -0.25) is 0 Å². The summed E-state index contributed by atoms with van der Waals surface area (Å²) in [5.41, 5.74) is 4.29. The molecule has 0 spiro atoms. The number of halogens is 2. The average Bonchev–Trinajstić information content (AvgIpc) is 2.76. The number of fused-ring (bicyclic) bond motifs is 1. The molecular weight excluding hydrogens is 305 g/mol. The van der Waals surface area contributed by atoms with Gasteiger partial charge in [0.1, 0.15) is 5.82 Å². The van der Waals surface area contributed by atoms with Crippen molar-refractivity contribution in [1.82, 2.24) is 0 Å². The molecule has 19 heavy (non-hydrogen) atoms. The van der Waals surface area contributed by atoms with Crippen molar-refractivity contribution < 1.29 is 4.39 Å². The summed E-state index contributed by atoms with van der Waals surface area (Å²) in [5, 5.41) is 3.34. The molecule has 0 heterocycles. The number of aryl methyl sites for hydroxylation is 2. The normalized spacial score (nSPS) is 17.3. The molecule has 0 bridgehead atoms. The lowest BCUT2D eigenvalue weighted by Gasteiger charge is -2.16. The number of rotatable bonds is 2. The molecule has 0 saturated carbocycles. The predicted octanol–water partition coefficient (Wildman–Crippen LogP) is 5.00. The maximum atomic E-state index is 13.8. The number of hydrogen-bond acceptors (Lipinski definition) is 1. The summed E-state index contributed by atoms with van der Waals surface area (Å²) in [6.07, 6.45) is 2.05. The molecule has 98 valence electrons. The van der Waals surface area contributed by atoms with Crippen molar-refractivity contribution in [1.29, 1.82) is 0 Å². The smallest absolute Gasteiger partial charge is 0.146 e. The second-order valence-electron chi connectivity index (χ2n) is 5.06. The Labute approximate surface area is 121 Å². The maximum Gasteiger partial charge on any atom is 0.146 e. The van der Waals surface area contributed by atoms with Crippen molar-refractivity contribution in [2.24, 2.45) is 0 Å². The Hall–Kier alpha value is -1.35. The molecule has 0 aromatic heterocycles. The van der Waals surface area contributed by atoms with E-state index in [0.29, 0.717) is 5.69 Å². The summed E-state index contributed by atoms with van der Waals surface area (Å²) in [4.78, 5) is 0. The van der Waals surface area contributed by atoms with Crippen LogP contribution in [0, 0.1) is 12.7 Å². The number of nitrogens with one attached hydrogen (secondary N) is 1. The molecule has 3 heteroatoms. The minimum absolute atomic E-state index is 0.184. The monoisotopic (exact) mass is 319 g/mol. The van der Waals surface area contributed by atoms with E-state index in [2.05, 4.69) is 33.4 Å². The topological polar surface area (TPSA) is 12.0 Å². The zero-order valence-corrected chi connectivity index (χ0v) is 12.3. The molecule has 2 aromatic carbocycles. The van der Waals surface area contributed by atoms with Crippen LogP contribution in [0.2, 0.25) is 0 Å². The van der Waals surface area contributed by atoms with Crippen LogP contribution >= 0.6 is 15.9 Å². The van der Waals surface area contributed by atoms with Gasteiger partial charge in [0.2, 0.25) is 0 Å². The van der Waals surface area contributed by atoms with Crippen LogP contribution in [-0.4, -0.2) is 0 Å². The van der Waals surface area contributed by atoms with Crippen LogP contribution in [0.25, 0.3) is 0 Å². The first-order valence-electron chi connectivity index (χ1n) is 6.44. The highest BCUT2D eigenvalue weighted by Crippen LogP contribution is 2.35. The highest BCUT2D eigenvalue weighted by molar-refractivity contribution is 9.10. The first-order chi connectivity index (χ1) is 9.13. The van der Waals surface area contributed by atoms with Crippen molar-refractivity contribution in [2.75, 3.05) is 5.32 Å². The molecule has 0 aliphatic heterocycles. The Morgan fingerprint density at radius 3 is 2.89 bits per heavy atom.